The SMILES string of the molecule is COC(C)(C)c1nnc(/C=C/C(=O)O)o1. The summed E-state index contributed by atoms with van der Waals surface area (Å²) in [5.74, 6) is -0.631. The van der Waals surface area contributed by atoms with Crippen LogP contribution in [0.2, 0.25) is 0 Å². The van der Waals surface area contributed by atoms with Gasteiger partial charge in [0, 0.05) is 19.3 Å². The van der Waals surface area contributed by atoms with E-state index in [4.69, 9.17) is 14.3 Å². The van der Waals surface area contributed by atoms with Crippen molar-refractivity contribution >= 4 is 12.0 Å². The zero-order valence-corrected chi connectivity index (χ0v) is 8.72. The third-order valence-electron chi connectivity index (χ3n) is 1.83. The number of hydrogen-bond donors (Lipinski definition) is 1. The second-order valence-corrected chi connectivity index (χ2v) is 3.33. The number of rotatable bonds is 4. The zero-order valence-electron chi connectivity index (χ0n) is 8.72. The highest BCUT2D eigenvalue weighted by Gasteiger charge is 2.26. The van der Waals surface area contributed by atoms with Crippen LogP contribution in [0.4, 0.5) is 0 Å². The molecule has 1 aromatic heterocycles. The summed E-state index contributed by atoms with van der Waals surface area (Å²) in [5.41, 5.74) is -0.678. The smallest absolute Gasteiger partial charge is 0.328 e. The van der Waals surface area contributed by atoms with E-state index in [1.54, 1.807) is 13.8 Å². The molecule has 0 aliphatic rings. The summed E-state index contributed by atoms with van der Waals surface area (Å²) in [5, 5.41) is 15.8. The fourth-order valence-electron chi connectivity index (χ4n) is 0.775. The van der Waals surface area contributed by atoms with Crippen molar-refractivity contribution in [2.75, 3.05) is 7.11 Å². The first-order valence-corrected chi connectivity index (χ1v) is 4.26. The number of methoxy groups -OCH3 is 1. The van der Waals surface area contributed by atoms with Crippen LogP contribution in [0.5, 0.6) is 0 Å². The summed E-state index contributed by atoms with van der Waals surface area (Å²) in [6.45, 7) is 3.54. The fraction of sp³-hybridized carbons (Fsp3) is 0.444. The lowest BCUT2D eigenvalue weighted by atomic mass is 10.1. The molecule has 0 saturated heterocycles. The highest BCUT2D eigenvalue weighted by atomic mass is 16.5. The summed E-state index contributed by atoms with van der Waals surface area (Å²) in [4.78, 5) is 10.2. The van der Waals surface area contributed by atoms with E-state index in [2.05, 4.69) is 10.2 Å². The van der Waals surface area contributed by atoms with Crippen LogP contribution >= 0.6 is 0 Å². The van der Waals surface area contributed by atoms with Crippen molar-refractivity contribution in [1.29, 1.82) is 0 Å². The molecule has 6 heteroatoms. The predicted molar refractivity (Wildman–Crippen MR) is 51.0 cm³/mol. The Labute approximate surface area is 86.6 Å². The third kappa shape index (κ3) is 2.88. The summed E-state index contributed by atoms with van der Waals surface area (Å²) in [6, 6.07) is 0. The van der Waals surface area contributed by atoms with Gasteiger partial charge in [-0.15, -0.1) is 10.2 Å². The summed E-state index contributed by atoms with van der Waals surface area (Å²) in [6.07, 6.45) is 2.15. The number of hydrogen-bond acceptors (Lipinski definition) is 5. The van der Waals surface area contributed by atoms with Crippen LogP contribution in [-0.2, 0) is 15.1 Å². The standard InChI is InChI=1S/C9H12N2O4/c1-9(2,14-3)8-11-10-6(15-8)4-5-7(12)13/h4-5H,1-3H3,(H,12,13)/b5-4+. The van der Waals surface area contributed by atoms with E-state index in [-0.39, 0.29) is 5.89 Å². The van der Waals surface area contributed by atoms with E-state index in [9.17, 15) is 4.79 Å². The molecule has 0 radical (unpaired) electrons. The molecule has 0 aliphatic carbocycles. The first-order valence-electron chi connectivity index (χ1n) is 4.26. The van der Waals surface area contributed by atoms with Crippen LogP contribution in [0.25, 0.3) is 6.08 Å². The number of aromatic nitrogens is 2. The minimum atomic E-state index is -1.07. The fourth-order valence-corrected chi connectivity index (χ4v) is 0.775. The van der Waals surface area contributed by atoms with E-state index >= 15 is 0 Å². The molecule has 6 nitrogen and oxygen atoms in total. The molecule has 15 heavy (non-hydrogen) atoms. The topological polar surface area (TPSA) is 85.5 Å². The number of aliphatic carboxylic acids is 1. The van der Waals surface area contributed by atoms with Gasteiger partial charge in [-0.25, -0.2) is 4.79 Å². The Hall–Kier alpha value is -1.69. The van der Waals surface area contributed by atoms with Gasteiger partial charge in [0.15, 0.2) is 0 Å². The minimum absolute atomic E-state index is 0.137. The maximum Gasteiger partial charge on any atom is 0.328 e. The van der Waals surface area contributed by atoms with E-state index in [1.165, 1.54) is 13.2 Å². The molecular formula is C9H12N2O4. The van der Waals surface area contributed by atoms with Gasteiger partial charge in [-0.3, -0.25) is 0 Å². The molecule has 0 atom stereocenters. The molecule has 0 bridgehead atoms. The van der Waals surface area contributed by atoms with Crippen molar-refractivity contribution in [1.82, 2.24) is 10.2 Å². The molecule has 1 heterocycles. The third-order valence-corrected chi connectivity index (χ3v) is 1.83. The largest absolute Gasteiger partial charge is 0.478 e. The van der Waals surface area contributed by atoms with Gasteiger partial charge in [-0.05, 0) is 13.8 Å². The van der Waals surface area contributed by atoms with Gasteiger partial charge in [0.05, 0.1) is 0 Å². The quantitative estimate of drug-likeness (QED) is 0.751. The number of carbonyl (C=O) groups is 1. The highest BCUT2D eigenvalue weighted by molar-refractivity contribution is 5.84. The first-order chi connectivity index (χ1) is 6.95. The second kappa shape index (κ2) is 4.22. The lowest BCUT2D eigenvalue weighted by Gasteiger charge is -2.16. The van der Waals surface area contributed by atoms with Gasteiger partial charge >= 0.3 is 5.97 Å². The van der Waals surface area contributed by atoms with Gasteiger partial charge < -0.3 is 14.3 Å². The Morgan fingerprint density at radius 1 is 1.53 bits per heavy atom. The average molecular weight is 212 g/mol. The van der Waals surface area contributed by atoms with E-state index in [0.29, 0.717) is 5.89 Å². The lowest BCUT2D eigenvalue weighted by Crippen LogP contribution is -2.19. The van der Waals surface area contributed by atoms with Gasteiger partial charge in [0.25, 0.3) is 0 Å². The van der Waals surface area contributed by atoms with Crippen molar-refractivity contribution in [2.45, 2.75) is 19.4 Å². The van der Waals surface area contributed by atoms with Crippen LogP contribution in [0.1, 0.15) is 25.6 Å². The maximum atomic E-state index is 10.2. The van der Waals surface area contributed by atoms with Crippen molar-refractivity contribution in [3.8, 4) is 0 Å². The van der Waals surface area contributed by atoms with Gasteiger partial charge in [-0.2, -0.15) is 0 Å². The maximum absolute atomic E-state index is 10.2. The summed E-state index contributed by atoms with van der Waals surface area (Å²) < 4.78 is 10.3. The minimum Gasteiger partial charge on any atom is -0.478 e. The van der Waals surface area contributed by atoms with Gasteiger partial charge in [0.2, 0.25) is 11.8 Å². The van der Waals surface area contributed by atoms with Crippen LogP contribution in [-0.4, -0.2) is 28.4 Å². The molecule has 0 saturated carbocycles. The zero-order chi connectivity index (χ0) is 11.5. The molecule has 0 fully saturated rings. The van der Waals surface area contributed by atoms with Crippen molar-refractivity contribution in [2.24, 2.45) is 0 Å². The number of nitrogens with zero attached hydrogens (tertiary/aromatic N) is 2. The van der Waals surface area contributed by atoms with Gasteiger partial charge in [-0.1, -0.05) is 0 Å². The molecular weight excluding hydrogens is 200 g/mol. The lowest BCUT2D eigenvalue weighted by molar-refractivity contribution is -0.131. The molecule has 0 amide bonds. The Balaban J connectivity index is 2.85. The van der Waals surface area contributed by atoms with Crippen molar-refractivity contribution in [3.63, 3.8) is 0 Å². The molecule has 1 rings (SSSR count). The number of ether oxygens (including phenoxy) is 1. The first kappa shape index (κ1) is 11.4. The van der Waals surface area contributed by atoms with Crippen LogP contribution < -0.4 is 0 Å². The summed E-state index contributed by atoms with van der Waals surface area (Å²) in [7, 11) is 1.52. The van der Waals surface area contributed by atoms with Crippen LogP contribution in [0.15, 0.2) is 10.5 Å². The van der Waals surface area contributed by atoms with Crippen LogP contribution in [0, 0.1) is 0 Å². The molecule has 1 aromatic rings. The molecule has 0 spiro atoms. The Morgan fingerprint density at radius 3 is 2.73 bits per heavy atom. The van der Waals surface area contributed by atoms with E-state index in [1.807, 2.05) is 0 Å². The van der Waals surface area contributed by atoms with Gasteiger partial charge in [0.1, 0.15) is 5.60 Å². The normalized spacial score (nSPS) is 12.2. The van der Waals surface area contributed by atoms with Crippen molar-refractivity contribution in [3.05, 3.63) is 17.9 Å². The van der Waals surface area contributed by atoms with E-state index < -0.39 is 11.6 Å². The van der Waals surface area contributed by atoms with Crippen molar-refractivity contribution < 1.29 is 19.1 Å². The van der Waals surface area contributed by atoms with Crippen LogP contribution in [0.3, 0.4) is 0 Å². The Kier molecular flexibility index (Phi) is 3.21. The average Bonchev–Trinajstić information content (AvgIpc) is 2.63. The second-order valence-electron chi connectivity index (χ2n) is 3.33. The molecule has 0 aliphatic heterocycles. The molecule has 82 valence electrons. The Morgan fingerprint density at radius 2 is 2.20 bits per heavy atom. The Bertz CT molecular complexity index is 381. The monoisotopic (exact) mass is 212 g/mol. The molecule has 1 N–H and O–H groups in total. The number of carboxylic acids is 1. The number of carboxylic acid groups (broad SMARTS) is 1. The molecule has 0 aromatic carbocycles. The predicted octanol–water partition coefficient (Wildman–Crippen LogP) is 1.05. The molecule has 0 unspecified atom stereocenters. The summed E-state index contributed by atoms with van der Waals surface area (Å²) >= 11 is 0. The highest BCUT2D eigenvalue weighted by Crippen LogP contribution is 2.22. The van der Waals surface area contributed by atoms with E-state index in [0.717, 1.165) is 6.08 Å².